The Kier molecular flexibility index (Phi) is 3.34. The van der Waals surface area contributed by atoms with E-state index >= 15 is 0 Å². The molecule has 0 bridgehead atoms. The minimum Gasteiger partial charge on any atom is -0.294 e. The number of halogens is 1. The van der Waals surface area contributed by atoms with Gasteiger partial charge in [0, 0.05) is 26.2 Å². The SMILES string of the molecule is CN1CCN(Cc2ccccc2)CC1F. The highest BCUT2D eigenvalue weighted by Crippen LogP contribution is 2.12. The summed E-state index contributed by atoms with van der Waals surface area (Å²) in [6.45, 7) is 3.14. The maximum Gasteiger partial charge on any atom is 0.166 e. The van der Waals surface area contributed by atoms with E-state index in [1.165, 1.54) is 5.56 Å². The number of alkyl halides is 1. The topological polar surface area (TPSA) is 6.48 Å². The van der Waals surface area contributed by atoms with Crippen LogP contribution < -0.4 is 0 Å². The lowest BCUT2D eigenvalue weighted by molar-refractivity contribution is 0.0146. The summed E-state index contributed by atoms with van der Waals surface area (Å²) in [6, 6.07) is 10.2. The largest absolute Gasteiger partial charge is 0.294 e. The van der Waals surface area contributed by atoms with Crippen LogP contribution in [0.15, 0.2) is 30.3 Å². The molecule has 0 aliphatic carbocycles. The molecule has 1 aromatic carbocycles. The van der Waals surface area contributed by atoms with Crippen LogP contribution in [0, 0.1) is 0 Å². The molecule has 2 rings (SSSR count). The summed E-state index contributed by atoms with van der Waals surface area (Å²) in [5.41, 5.74) is 1.26. The molecule has 1 aromatic rings. The highest BCUT2D eigenvalue weighted by Gasteiger charge is 2.23. The lowest BCUT2D eigenvalue weighted by Crippen LogP contribution is -2.48. The standard InChI is InChI=1S/C12H17FN2/c1-14-7-8-15(10-12(14)13)9-11-5-3-2-4-6-11/h2-6,12H,7-10H2,1H3. The third kappa shape index (κ3) is 2.76. The van der Waals surface area contributed by atoms with Crippen LogP contribution in [0.2, 0.25) is 0 Å². The zero-order chi connectivity index (χ0) is 10.7. The van der Waals surface area contributed by atoms with Gasteiger partial charge < -0.3 is 0 Å². The van der Waals surface area contributed by atoms with Crippen molar-refractivity contribution in [3.63, 3.8) is 0 Å². The second-order valence-electron chi connectivity index (χ2n) is 4.14. The lowest BCUT2D eigenvalue weighted by atomic mass is 10.2. The quantitative estimate of drug-likeness (QED) is 0.683. The van der Waals surface area contributed by atoms with Crippen LogP contribution in [0.3, 0.4) is 0 Å². The van der Waals surface area contributed by atoms with E-state index < -0.39 is 6.30 Å². The smallest absolute Gasteiger partial charge is 0.166 e. The first-order valence-corrected chi connectivity index (χ1v) is 5.36. The van der Waals surface area contributed by atoms with Crippen LogP contribution in [-0.4, -0.2) is 42.8 Å². The number of likely N-dealkylation sites (N-methyl/N-ethyl adjacent to an activating group) is 1. The number of benzene rings is 1. The molecule has 0 amide bonds. The van der Waals surface area contributed by atoms with Crippen molar-refractivity contribution in [3.8, 4) is 0 Å². The first-order valence-electron chi connectivity index (χ1n) is 5.36. The number of piperazine rings is 1. The highest BCUT2D eigenvalue weighted by atomic mass is 19.1. The Balaban J connectivity index is 1.91. The van der Waals surface area contributed by atoms with Crippen LogP contribution in [-0.2, 0) is 6.54 Å². The maximum absolute atomic E-state index is 13.4. The minimum absolute atomic E-state index is 0.519. The zero-order valence-electron chi connectivity index (χ0n) is 9.06. The number of hydrogen-bond donors (Lipinski definition) is 0. The number of hydrogen-bond acceptors (Lipinski definition) is 2. The Bertz CT molecular complexity index is 302. The lowest BCUT2D eigenvalue weighted by Gasteiger charge is -2.35. The van der Waals surface area contributed by atoms with Crippen LogP contribution in [0.25, 0.3) is 0 Å². The molecule has 1 heterocycles. The molecule has 0 aromatic heterocycles. The van der Waals surface area contributed by atoms with Crippen molar-refractivity contribution in [2.24, 2.45) is 0 Å². The van der Waals surface area contributed by atoms with Crippen molar-refractivity contribution >= 4 is 0 Å². The third-order valence-electron chi connectivity index (χ3n) is 2.91. The molecule has 0 spiro atoms. The Morgan fingerprint density at radius 3 is 2.67 bits per heavy atom. The van der Waals surface area contributed by atoms with E-state index in [1.807, 2.05) is 25.2 Å². The summed E-state index contributed by atoms with van der Waals surface area (Å²) in [7, 11) is 1.84. The molecule has 3 heteroatoms. The average molecular weight is 208 g/mol. The first kappa shape index (κ1) is 10.6. The van der Waals surface area contributed by atoms with E-state index in [4.69, 9.17) is 0 Å². The fraction of sp³-hybridized carbons (Fsp3) is 0.500. The Hall–Kier alpha value is -0.930. The normalized spacial score (nSPS) is 24.3. The van der Waals surface area contributed by atoms with Crippen molar-refractivity contribution in [2.75, 3.05) is 26.7 Å². The molecule has 0 saturated carbocycles. The molecular weight excluding hydrogens is 191 g/mol. The van der Waals surface area contributed by atoms with Crippen molar-refractivity contribution in [1.82, 2.24) is 9.80 Å². The van der Waals surface area contributed by atoms with E-state index in [2.05, 4.69) is 17.0 Å². The monoisotopic (exact) mass is 208 g/mol. The summed E-state index contributed by atoms with van der Waals surface area (Å²) in [4.78, 5) is 3.93. The van der Waals surface area contributed by atoms with E-state index in [1.54, 1.807) is 4.90 Å². The van der Waals surface area contributed by atoms with E-state index in [0.29, 0.717) is 6.54 Å². The van der Waals surface area contributed by atoms with Crippen LogP contribution in [0.5, 0.6) is 0 Å². The molecule has 1 unspecified atom stereocenters. The van der Waals surface area contributed by atoms with Gasteiger partial charge in [0.15, 0.2) is 6.30 Å². The maximum atomic E-state index is 13.4. The van der Waals surface area contributed by atoms with Crippen molar-refractivity contribution in [3.05, 3.63) is 35.9 Å². The van der Waals surface area contributed by atoms with Gasteiger partial charge in [-0.2, -0.15) is 0 Å². The molecule has 2 nitrogen and oxygen atoms in total. The van der Waals surface area contributed by atoms with Crippen molar-refractivity contribution in [2.45, 2.75) is 12.8 Å². The van der Waals surface area contributed by atoms with Gasteiger partial charge in [0.1, 0.15) is 0 Å². The molecule has 15 heavy (non-hydrogen) atoms. The average Bonchev–Trinajstić information content (AvgIpc) is 2.25. The molecule has 1 atom stereocenters. The van der Waals surface area contributed by atoms with E-state index in [-0.39, 0.29) is 0 Å². The Morgan fingerprint density at radius 1 is 1.27 bits per heavy atom. The third-order valence-corrected chi connectivity index (χ3v) is 2.91. The molecular formula is C12H17FN2. The van der Waals surface area contributed by atoms with Gasteiger partial charge >= 0.3 is 0 Å². The predicted molar refractivity (Wildman–Crippen MR) is 59.2 cm³/mol. The highest BCUT2D eigenvalue weighted by molar-refractivity contribution is 5.14. The second-order valence-corrected chi connectivity index (χ2v) is 4.14. The fourth-order valence-electron chi connectivity index (χ4n) is 1.87. The zero-order valence-corrected chi connectivity index (χ0v) is 9.06. The summed E-state index contributed by atoms with van der Waals surface area (Å²) >= 11 is 0. The van der Waals surface area contributed by atoms with Crippen LogP contribution in [0.4, 0.5) is 4.39 Å². The van der Waals surface area contributed by atoms with E-state index in [0.717, 1.165) is 19.6 Å². The summed E-state index contributed by atoms with van der Waals surface area (Å²) in [5, 5.41) is 0. The van der Waals surface area contributed by atoms with Crippen molar-refractivity contribution in [1.29, 1.82) is 0 Å². The number of rotatable bonds is 2. The molecule has 1 aliphatic heterocycles. The molecule has 0 N–H and O–H groups in total. The van der Waals surface area contributed by atoms with Gasteiger partial charge in [-0.3, -0.25) is 9.80 Å². The van der Waals surface area contributed by atoms with Gasteiger partial charge in [-0.05, 0) is 12.6 Å². The Morgan fingerprint density at radius 2 is 2.00 bits per heavy atom. The summed E-state index contributed by atoms with van der Waals surface area (Å²) in [6.07, 6.45) is -0.817. The Labute approximate surface area is 90.3 Å². The second kappa shape index (κ2) is 4.73. The van der Waals surface area contributed by atoms with Gasteiger partial charge in [-0.15, -0.1) is 0 Å². The predicted octanol–water partition coefficient (Wildman–Crippen LogP) is 1.73. The summed E-state index contributed by atoms with van der Waals surface area (Å²) in [5.74, 6) is 0. The van der Waals surface area contributed by atoms with Crippen molar-refractivity contribution < 1.29 is 4.39 Å². The van der Waals surface area contributed by atoms with Gasteiger partial charge in [0.25, 0.3) is 0 Å². The van der Waals surface area contributed by atoms with Gasteiger partial charge in [-0.25, -0.2) is 4.39 Å². The molecule has 1 aliphatic rings. The van der Waals surface area contributed by atoms with Crippen LogP contribution in [0.1, 0.15) is 5.56 Å². The summed E-state index contributed by atoms with van der Waals surface area (Å²) < 4.78 is 13.4. The fourth-order valence-corrected chi connectivity index (χ4v) is 1.87. The first-order chi connectivity index (χ1) is 7.25. The van der Waals surface area contributed by atoms with E-state index in [9.17, 15) is 4.39 Å². The number of nitrogens with zero attached hydrogens (tertiary/aromatic N) is 2. The molecule has 0 radical (unpaired) electrons. The molecule has 1 fully saturated rings. The van der Waals surface area contributed by atoms with Gasteiger partial charge in [0.2, 0.25) is 0 Å². The van der Waals surface area contributed by atoms with Crippen LogP contribution >= 0.6 is 0 Å². The van der Waals surface area contributed by atoms with Gasteiger partial charge in [-0.1, -0.05) is 30.3 Å². The molecule has 82 valence electrons. The van der Waals surface area contributed by atoms with Gasteiger partial charge in [0.05, 0.1) is 0 Å². The molecule has 1 saturated heterocycles. The minimum atomic E-state index is -0.817.